The van der Waals surface area contributed by atoms with Gasteiger partial charge in [-0.15, -0.1) is 6.58 Å². The Balaban J connectivity index is 1.70. The molecular weight excluding hydrogens is 414 g/mol. The predicted molar refractivity (Wildman–Crippen MR) is 121 cm³/mol. The van der Waals surface area contributed by atoms with Crippen molar-refractivity contribution in [2.45, 2.75) is 12.3 Å². The first kappa shape index (κ1) is 22.2. The fraction of sp³-hybridized carbons (Fsp3) is 0.130. The molecule has 160 valence electrons. The standard InChI is InChI=1S/C23H23N3O4S/c1-2-14-24-31(29,30)17-19-10-12-20(13-11-19)25-22(27)21-9-6-15-26(23(21)28)16-18-7-4-3-5-8-18/h2-13,15,24H,1,14,16-17H2,(H,25,27). The highest BCUT2D eigenvalue weighted by atomic mass is 32.2. The summed E-state index contributed by atoms with van der Waals surface area (Å²) in [5, 5.41) is 2.68. The summed E-state index contributed by atoms with van der Waals surface area (Å²) in [4.78, 5) is 25.4. The second-order valence-corrected chi connectivity index (χ2v) is 8.69. The molecule has 31 heavy (non-hydrogen) atoms. The van der Waals surface area contributed by atoms with Crippen molar-refractivity contribution in [3.05, 3.63) is 113 Å². The maximum atomic E-state index is 12.7. The van der Waals surface area contributed by atoms with Gasteiger partial charge in [0.15, 0.2) is 0 Å². The molecule has 3 aromatic rings. The number of nitrogens with one attached hydrogen (secondary N) is 2. The van der Waals surface area contributed by atoms with E-state index < -0.39 is 15.9 Å². The van der Waals surface area contributed by atoms with Crippen LogP contribution in [0.1, 0.15) is 21.5 Å². The summed E-state index contributed by atoms with van der Waals surface area (Å²) in [5.41, 5.74) is 1.62. The molecule has 0 saturated heterocycles. The summed E-state index contributed by atoms with van der Waals surface area (Å²) in [6.07, 6.45) is 3.11. The quantitative estimate of drug-likeness (QED) is 0.503. The van der Waals surface area contributed by atoms with Crippen LogP contribution in [0.2, 0.25) is 0 Å². The van der Waals surface area contributed by atoms with E-state index in [1.165, 1.54) is 16.7 Å². The van der Waals surface area contributed by atoms with Crippen LogP contribution in [0, 0.1) is 0 Å². The fourth-order valence-corrected chi connectivity index (χ4v) is 4.06. The molecule has 0 aliphatic rings. The van der Waals surface area contributed by atoms with Gasteiger partial charge in [-0.1, -0.05) is 48.5 Å². The van der Waals surface area contributed by atoms with Gasteiger partial charge in [0.2, 0.25) is 10.0 Å². The van der Waals surface area contributed by atoms with Crippen molar-refractivity contribution >= 4 is 21.6 Å². The van der Waals surface area contributed by atoms with Gasteiger partial charge < -0.3 is 9.88 Å². The lowest BCUT2D eigenvalue weighted by Gasteiger charge is -2.10. The summed E-state index contributed by atoms with van der Waals surface area (Å²) in [6, 6.07) is 19.1. The average Bonchev–Trinajstić information content (AvgIpc) is 2.76. The van der Waals surface area contributed by atoms with Crippen molar-refractivity contribution in [2.24, 2.45) is 0 Å². The smallest absolute Gasteiger partial charge is 0.263 e. The van der Waals surface area contributed by atoms with Crippen molar-refractivity contribution in [1.82, 2.24) is 9.29 Å². The minimum Gasteiger partial charge on any atom is -0.322 e. The number of hydrogen-bond acceptors (Lipinski definition) is 4. The number of amides is 1. The van der Waals surface area contributed by atoms with Gasteiger partial charge in [-0.3, -0.25) is 9.59 Å². The molecule has 3 rings (SSSR count). The molecule has 1 amide bonds. The van der Waals surface area contributed by atoms with E-state index in [2.05, 4.69) is 16.6 Å². The first-order chi connectivity index (χ1) is 14.9. The lowest BCUT2D eigenvalue weighted by atomic mass is 10.2. The van der Waals surface area contributed by atoms with Gasteiger partial charge in [0.05, 0.1) is 12.3 Å². The second-order valence-electron chi connectivity index (χ2n) is 6.89. The van der Waals surface area contributed by atoms with Crippen LogP contribution in [-0.2, 0) is 22.3 Å². The molecule has 1 heterocycles. The number of carbonyl (C=O) groups excluding carboxylic acids is 1. The van der Waals surface area contributed by atoms with Crippen LogP contribution in [-0.4, -0.2) is 25.4 Å². The van der Waals surface area contributed by atoms with Crippen LogP contribution in [0.5, 0.6) is 0 Å². The number of sulfonamides is 1. The number of hydrogen-bond donors (Lipinski definition) is 2. The summed E-state index contributed by atoms with van der Waals surface area (Å²) in [6.45, 7) is 4.00. The van der Waals surface area contributed by atoms with Gasteiger partial charge in [-0.05, 0) is 35.4 Å². The van der Waals surface area contributed by atoms with Crippen LogP contribution in [0.25, 0.3) is 0 Å². The van der Waals surface area contributed by atoms with E-state index in [1.54, 1.807) is 36.5 Å². The Bertz CT molecular complexity index is 1220. The molecular formula is C23H23N3O4S. The van der Waals surface area contributed by atoms with E-state index in [0.717, 1.165) is 5.56 Å². The molecule has 7 nitrogen and oxygen atoms in total. The summed E-state index contributed by atoms with van der Waals surface area (Å²) >= 11 is 0. The third-order valence-electron chi connectivity index (χ3n) is 4.48. The Labute approximate surface area is 181 Å². The molecule has 0 bridgehead atoms. The molecule has 0 radical (unpaired) electrons. The maximum absolute atomic E-state index is 12.7. The topological polar surface area (TPSA) is 97.3 Å². The van der Waals surface area contributed by atoms with Gasteiger partial charge in [-0.25, -0.2) is 13.1 Å². The Morgan fingerprint density at radius 1 is 0.968 bits per heavy atom. The van der Waals surface area contributed by atoms with Gasteiger partial charge in [0.25, 0.3) is 11.5 Å². The highest BCUT2D eigenvalue weighted by molar-refractivity contribution is 7.88. The van der Waals surface area contributed by atoms with E-state index in [9.17, 15) is 18.0 Å². The number of nitrogens with zero attached hydrogens (tertiary/aromatic N) is 1. The van der Waals surface area contributed by atoms with Crippen LogP contribution in [0.3, 0.4) is 0 Å². The van der Waals surface area contributed by atoms with Gasteiger partial charge in [0.1, 0.15) is 5.56 Å². The first-order valence-corrected chi connectivity index (χ1v) is 11.2. The van der Waals surface area contributed by atoms with Crippen LogP contribution >= 0.6 is 0 Å². The molecule has 0 fully saturated rings. The highest BCUT2D eigenvalue weighted by Crippen LogP contribution is 2.13. The molecule has 0 unspecified atom stereocenters. The Morgan fingerprint density at radius 3 is 2.35 bits per heavy atom. The summed E-state index contributed by atoms with van der Waals surface area (Å²) in [7, 11) is -3.46. The Kier molecular flexibility index (Phi) is 7.17. The van der Waals surface area contributed by atoms with E-state index in [0.29, 0.717) is 17.8 Å². The zero-order valence-corrected chi connectivity index (χ0v) is 17.6. The van der Waals surface area contributed by atoms with E-state index >= 15 is 0 Å². The number of carbonyl (C=O) groups is 1. The van der Waals surface area contributed by atoms with Crippen LogP contribution in [0.4, 0.5) is 5.69 Å². The van der Waals surface area contributed by atoms with Crippen LogP contribution < -0.4 is 15.6 Å². The SMILES string of the molecule is C=CCNS(=O)(=O)Cc1ccc(NC(=O)c2cccn(Cc3ccccc3)c2=O)cc1. The van der Waals surface area contributed by atoms with Crippen molar-refractivity contribution in [1.29, 1.82) is 0 Å². The third-order valence-corrected chi connectivity index (χ3v) is 5.80. The van der Waals surface area contributed by atoms with Crippen molar-refractivity contribution in [3.63, 3.8) is 0 Å². The lowest BCUT2D eigenvalue weighted by molar-refractivity contribution is 0.102. The number of anilines is 1. The molecule has 0 aliphatic carbocycles. The molecule has 0 atom stereocenters. The third kappa shape index (κ3) is 6.24. The van der Waals surface area contributed by atoms with E-state index in [-0.39, 0.29) is 23.4 Å². The normalized spacial score (nSPS) is 11.1. The first-order valence-electron chi connectivity index (χ1n) is 9.60. The van der Waals surface area contributed by atoms with Crippen molar-refractivity contribution in [3.8, 4) is 0 Å². The zero-order valence-electron chi connectivity index (χ0n) is 16.8. The number of pyridine rings is 1. The number of aromatic nitrogens is 1. The van der Waals surface area contributed by atoms with Gasteiger partial charge in [0, 0.05) is 18.4 Å². The lowest BCUT2D eigenvalue weighted by Crippen LogP contribution is -2.29. The highest BCUT2D eigenvalue weighted by Gasteiger charge is 2.14. The predicted octanol–water partition coefficient (Wildman–Crippen LogP) is 2.75. The van der Waals surface area contributed by atoms with E-state index in [4.69, 9.17) is 0 Å². The van der Waals surface area contributed by atoms with Crippen molar-refractivity contribution < 1.29 is 13.2 Å². The Hall–Kier alpha value is -3.49. The monoisotopic (exact) mass is 437 g/mol. The zero-order chi connectivity index (χ0) is 22.3. The summed E-state index contributed by atoms with van der Waals surface area (Å²) < 4.78 is 27.8. The van der Waals surface area contributed by atoms with E-state index in [1.807, 2.05) is 30.3 Å². The molecule has 2 N–H and O–H groups in total. The molecule has 8 heteroatoms. The summed E-state index contributed by atoms with van der Waals surface area (Å²) in [5.74, 6) is -0.710. The largest absolute Gasteiger partial charge is 0.322 e. The second kappa shape index (κ2) is 10.0. The van der Waals surface area contributed by atoms with Gasteiger partial charge in [-0.2, -0.15) is 0 Å². The molecule has 0 aliphatic heterocycles. The molecule has 2 aromatic carbocycles. The molecule has 1 aromatic heterocycles. The average molecular weight is 438 g/mol. The minimum atomic E-state index is -3.46. The van der Waals surface area contributed by atoms with Crippen LogP contribution in [0.15, 0.2) is 90.4 Å². The fourth-order valence-electron chi connectivity index (χ4n) is 2.95. The minimum absolute atomic E-state index is 0.0266. The molecule has 0 saturated carbocycles. The number of rotatable bonds is 9. The van der Waals surface area contributed by atoms with Crippen molar-refractivity contribution in [2.75, 3.05) is 11.9 Å². The maximum Gasteiger partial charge on any atom is 0.263 e. The number of benzene rings is 2. The van der Waals surface area contributed by atoms with Gasteiger partial charge >= 0.3 is 0 Å². The Morgan fingerprint density at radius 2 is 1.68 bits per heavy atom. The molecule has 0 spiro atoms.